The molecular formula is C16H19Br2N3. The third-order valence-corrected chi connectivity index (χ3v) is 4.65. The van der Waals surface area contributed by atoms with Crippen molar-refractivity contribution in [3.8, 4) is 11.4 Å². The molecule has 21 heavy (non-hydrogen) atoms. The molecule has 5 heteroatoms. The van der Waals surface area contributed by atoms with Gasteiger partial charge in [0.15, 0.2) is 5.82 Å². The summed E-state index contributed by atoms with van der Waals surface area (Å²) in [7, 11) is 0. The van der Waals surface area contributed by atoms with Gasteiger partial charge in [0.25, 0.3) is 0 Å². The summed E-state index contributed by atoms with van der Waals surface area (Å²) in [6.07, 6.45) is 1.92. The van der Waals surface area contributed by atoms with Crippen molar-refractivity contribution >= 4 is 37.7 Å². The Morgan fingerprint density at radius 1 is 1.14 bits per heavy atom. The monoisotopic (exact) mass is 411 g/mol. The number of anilines is 1. The molecule has 1 aromatic heterocycles. The fourth-order valence-electron chi connectivity index (χ4n) is 2.01. The zero-order valence-corrected chi connectivity index (χ0v) is 15.7. The zero-order valence-electron chi connectivity index (χ0n) is 12.5. The first kappa shape index (κ1) is 16.4. The molecule has 0 unspecified atom stereocenters. The van der Waals surface area contributed by atoms with E-state index in [2.05, 4.69) is 81.1 Å². The largest absolute Gasteiger partial charge is 0.369 e. The molecule has 1 aromatic carbocycles. The maximum Gasteiger partial charge on any atom is 0.162 e. The van der Waals surface area contributed by atoms with Crippen LogP contribution in [0.25, 0.3) is 11.4 Å². The Labute approximate surface area is 142 Å². The summed E-state index contributed by atoms with van der Waals surface area (Å²) < 4.78 is 1.98. The standard InChI is InChI=1S/C16H19Br2N3/c1-4-8-19-16-14(18)13(5-2)20-15(21-16)11-7-6-10(3)9-12(11)17/h6-7,9H,4-5,8H2,1-3H3,(H,19,20,21). The second-order valence-electron chi connectivity index (χ2n) is 4.92. The fourth-order valence-corrected chi connectivity index (χ4v) is 3.28. The Morgan fingerprint density at radius 2 is 1.90 bits per heavy atom. The second-order valence-corrected chi connectivity index (χ2v) is 6.57. The van der Waals surface area contributed by atoms with E-state index in [-0.39, 0.29) is 0 Å². The van der Waals surface area contributed by atoms with E-state index >= 15 is 0 Å². The Balaban J connectivity index is 2.52. The molecule has 2 rings (SSSR count). The van der Waals surface area contributed by atoms with Crippen LogP contribution in [0.5, 0.6) is 0 Å². The Hall–Kier alpha value is -0.940. The predicted molar refractivity (Wildman–Crippen MR) is 95.8 cm³/mol. The topological polar surface area (TPSA) is 37.8 Å². The lowest BCUT2D eigenvalue weighted by atomic mass is 10.1. The van der Waals surface area contributed by atoms with Crippen LogP contribution >= 0.6 is 31.9 Å². The smallest absolute Gasteiger partial charge is 0.162 e. The van der Waals surface area contributed by atoms with Crippen LogP contribution in [0.4, 0.5) is 5.82 Å². The molecule has 0 saturated heterocycles. The summed E-state index contributed by atoms with van der Waals surface area (Å²) in [4.78, 5) is 9.37. The third-order valence-electron chi connectivity index (χ3n) is 3.16. The van der Waals surface area contributed by atoms with Gasteiger partial charge in [-0.05, 0) is 53.4 Å². The van der Waals surface area contributed by atoms with Crippen molar-refractivity contribution in [3.63, 3.8) is 0 Å². The molecule has 0 aliphatic rings. The van der Waals surface area contributed by atoms with Crippen molar-refractivity contribution in [2.45, 2.75) is 33.6 Å². The summed E-state index contributed by atoms with van der Waals surface area (Å²) in [5.74, 6) is 1.62. The molecule has 112 valence electrons. The van der Waals surface area contributed by atoms with Crippen LogP contribution < -0.4 is 5.32 Å². The van der Waals surface area contributed by atoms with Crippen LogP contribution in [0.15, 0.2) is 27.1 Å². The summed E-state index contributed by atoms with van der Waals surface area (Å²) in [6.45, 7) is 7.21. The van der Waals surface area contributed by atoms with Crippen molar-refractivity contribution < 1.29 is 0 Å². The molecular weight excluding hydrogens is 394 g/mol. The van der Waals surface area contributed by atoms with Crippen LogP contribution in [-0.4, -0.2) is 16.5 Å². The first-order chi connectivity index (χ1) is 10.1. The summed E-state index contributed by atoms with van der Waals surface area (Å²) >= 11 is 7.22. The van der Waals surface area contributed by atoms with Crippen molar-refractivity contribution in [3.05, 3.63) is 38.4 Å². The molecule has 0 amide bonds. The van der Waals surface area contributed by atoms with E-state index < -0.39 is 0 Å². The second kappa shape index (κ2) is 7.36. The maximum absolute atomic E-state index is 4.69. The van der Waals surface area contributed by atoms with Crippen LogP contribution in [-0.2, 0) is 6.42 Å². The third kappa shape index (κ3) is 3.83. The van der Waals surface area contributed by atoms with Crippen LogP contribution in [0, 0.1) is 6.92 Å². The quantitative estimate of drug-likeness (QED) is 0.717. The van der Waals surface area contributed by atoms with Crippen LogP contribution in [0.2, 0.25) is 0 Å². The highest BCUT2D eigenvalue weighted by molar-refractivity contribution is 9.11. The number of halogens is 2. The lowest BCUT2D eigenvalue weighted by molar-refractivity contribution is 0.943. The lowest BCUT2D eigenvalue weighted by Gasteiger charge is -2.13. The number of hydrogen-bond donors (Lipinski definition) is 1. The number of hydrogen-bond acceptors (Lipinski definition) is 3. The van der Waals surface area contributed by atoms with E-state index in [1.165, 1.54) is 5.56 Å². The number of rotatable bonds is 5. The first-order valence-electron chi connectivity index (χ1n) is 7.13. The molecule has 0 fully saturated rings. The Kier molecular flexibility index (Phi) is 5.76. The van der Waals surface area contributed by atoms with Crippen LogP contribution in [0.1, 0.15) is 31.5 Å². The molecule has 2 aromatic rings. The predicted octanol–water partition coefficient (Wildman–Crippen LogP) is 5.36. The molecule has 0 bridgehead atoms. The van der Waals surface area contributed by atoms with E-state index in [4.69, 9.17) is 4.98 Å². The zero-order chi connectivity index (χ0) is 15.4. The van der Waals surface area contributed by atoms with Gasteiger partial charge in [0.05, 0.1) is 10.2 Å². The minimum atomic E-state index is 0.750. The van der Waals surface area contributed by atoms with Gasteiger partial charge in [-0.25, -0.2) is 9.97 Å². The lowest BCUT2D eigenvalue weighted by Crippen LogP contribution is -2.07. The average molecular weight is 413 g/mol. The summed E-state index contributed by atoms with van der Waals surface area (Å²) in [6, 6.07) is 6.23. The number of benzene rings is 1. The highest BCUT2D eigenvalue weighted by Gasteiger charge is 2.14. The van der Waals surface area contributed by atoms with Crippen LogP contribution in [0.3, 0.4) is 0 Å². The minimum Gasteiger partial charge on any atom is -0.369 e. The molecule has 1 heterocycles. The van der Waals surface area contributed by atoms with E-state index in [9.17, 15) is 0 Å². The summed E-state index contributed by atoms with van der Waals surface area (Å²) in [5.41, 5.74) is 3.25. The van der Waals surface area contributed by atoms with Crippen molar-refractivity contribution in [2.24, 2.45) is 0 Å². The van der Waals surface area contributed by atoms with Crippen molar-refractivity contribution in [1.29, 1.82) is 0 Å². The van der Waals surface area contributed by atoms with Gasteiger partial charge < -0.3 is 5.32 Å². The number of aryl methyl sites for hydroxylation is 2. The molecule has 0 radical (unpaired) electrons. The van der Waals surface area contributed by atoms with Crippen molar-refractivity contribution in [1.82, 2.24) is 9.97 Å². The van der Waals surface area contributed by atoms with E-state index in [1.807, 2.05) is 0 Å². The van der Waals surface area contributed by atoms with Crippen molar-refractivity contribution in [2.75, 3.05) is 11.9 Å². The molecule has 3 nitrogen and oxygen atoms in total. The average Bonchev–Trinajstić information content (AvgIpc) is 2.46. The van der Waals surface area contributed by atoms with Gasteiger partial charge in [-0.15, -0.1) is 0 Å². The molecule has 0 aliphatic carbocycles. The van der Waals surface area contributed by atoms with Gasteiger partial charge in [0.1, 0.15) is 5.82 Å². The Bertz CT molecular complexity index is 642. The van der Waals surface area contributed by atoms with E-state index in [0.717, 1.165) is 51.2 Å². The first-order valence-corrected chi connectivity index (χ1v) is 8.72. The summed E-state index contributed by atoms with van der Waals surface area (Å²) in [5, 5.41) is 3.37. The molecule has 1 N–H and O–H groups in total. The Morgan fingerprint density at radius 3 is 2.52 bits per heavy atom. The number of aromatic nitrogens is 2. The highest BCUT2D eigenvalue weighted by Crippen LogP contribution is 2.31. The molecule has 0 aliphatic heterocycles. The fraction of sp³-hybridized carbons (Fsp3) is 0.375. The molecule has 0 spiro atoms. The normalized spacial score (nSPS) is 10.7. The molecule has 0 saturated carbocycles. The van der Waals surface area contributed by atoms with E-state index in [0.29, 0.717) is 0 Å². The van der Waals surface area contributed by atoms with Gasteiger partial charge in [-0.3, -0.25) is 0 Å². The van der Waals surface area contributed by atoms with Gasteiger partial charge >= 0.3 is 0 Å². The van der Waals surface area contributed by atoms with E-state index in [1.54, 1.807) is 0 Å². The number of nitrogens with zero attached hydrogens (tertiary/aromatic N) is 2. The van der Waals surface area contributed by atoms with Gasteiger partial charge in [0, 0.05) is 16.6 Å². The molecule has 0 atom stereocenters. The SMILES string of the molecule is CCCNc1nc(-c2ccc(C)cc2Br)nc(CC)c1Br. The maximum atomic E-state index is 4.69. The van der Waals surface area contributed by atoms with Gasteiger partial charge in [-0.2, -0.15) is 0 Å². The minimum absolute atomic E-state index is 0.750. The van der Waals surface area contributed by atoms with Gasteiger partial charge in [0.2, 0.25) is 0 Å². The number of nitrogens with one attached hydrogen (secondary N) is 1. The highest BCUT2D eigenvalue weighted by atomic mass is 79.9. The van der Waals surface area contributed by atoms with Gasteiger partial charge in [-0.1, -0.05) is 35.8 Å².